The Morgan fingerprint density at radius 1 is 1.47 bits per heavy atom. The molecule has 0 aliphatic rings. The van der Waals surface area contributed by atoms with Gasteiger partial charge in [-0.15, -0.1) is 0 Å². The Bertz CT molecular complexity index is 674. The lowest BCUT2D eigenvalue weighted by atomic mass is 10.0. The standard InChI is InChI=1S/C12H12N2O5/c1-6-7(2-5-10(16)17)11-8(13-6)3-4-9(15)12(11)14(18)19/h3-4,13,15H,2,5H2,1H3,(H,16,17). The number of hydrogen-bond donors (Lipinski definition) is 3. The third-order valence-corrected chi connectivity index (χ3v) is 3.00. The Kier molecular flexibility index (Phi) is 3.12. The van der Waals surface area contributed by atoms with Gasteiger partial charge in [-0.3, -0.25) is 14.9 Å². The van der Waals surface area contributed by atoms with Crippen molar-refractivity contribution in [2.75, 3.05) is 0 Å². The van der Waals surface area contributed by atoms with Gasteiger partial charge in [-0.1, -0.05) is 0 Å². The van der Waals surface area contributed by atoms with Gasteiger partial charge in [-0.25, -0.2) is 0 Å². The Morgan fingerprint density at radius 2 is 2.16 bits per heavy atom. The summed E-state index contributed by atoms with van der Waals surface area (Å²) in [6, 6.07) is 2.78. The first-order valence-electron chi connectivity index (χ1n) is 5.61. The number of carbonyl (C=O) groups is 1. The number of rotatable bonds is 4. The zero-order chi connectivity index (χ0) is 14.2. The number of hydrogen-bond acceptors (Lipinski definition) is 4. The summed E-state index contributed by atoms with van der Waals surface area (Å²) >= 11 is 0. The zero-order valence-electron chi connectivity index (χ0n) is 10.1. The SMILES string of the molecule is Cc1[nH]c2ccc(O)c([N+](=O)[O-])c2c1CCC(=O)O. The van der Waals surface area contributed by atoms with Gasteiger partial charge in [-0.2, -0.15) is 0 Å². The summed E-state index contributed by atoms with van der Waals surface area (Å²) in [6.07, 6.45) is 0.0477. The zero-order valence-corrected chi connectivity index (χ0v) is 10.1. The third kappa shape index (κ3) is 2.22. The maximum absolute atomic E-state index is 11.1. The lowest BCUT2D eigenvalue weighted by Gasteiger charge is -2.01. The second-order valence-corrected chi connectivity index (χ2v) is 4.24. The Labute approximate surface area is 107 Å². The fourth-order valence-corrected chi connectivity index (χ4v) is 2.18. The van der Waals surface area contributed by atoms with Crippen LogP contribution in [0.3, 0.4) is 0 Å². The van der Waals surface area contributed by atoms with Crippen molar-refractivity contribution >= 4 is 22.6 Å². The quantitative estimate of drug-likeness (QED) is 0.577. The summed E-state index contributed by atoms with van der Waals surface area (Å²) < 4.78 is 0. The number of aromatic amines is 1. The summed E-state index contributed by atoms with van der Waals surface area (Å²) in [5, 5.41) is 29.7. The van der Waals surface area contributed by atoms with E-state index in [-0.39, 0.29) is 23.9 Å². The van der Waals surface area contributed by atoms with E-state index in [2.05, 4.69) is 4.98 Å². The topological polar surface area (TPSA) is 116 Å². The summed E-state index contributed by atoms with van der Waals surface area (Å²) in [5.74, 6) is -1.40. The number of benzene rings is 1. The number of carboxylic acid groups (broad SMARTS) is 1. The molecule has 0 fully saturated rings. The minimum absolute atomic E-state index is 0.124. The number of aromatic hydroxyl groups is 1. The van der Waals surface area contributed by atoms with Crippen molar-refractivity contribution in [3.05, 3.63) is 33.5 Å². The number of nitrogens with zero attached hydrogens (tertiary/aromatic N) is 1. The molecule has 19 heavy (non-hydrogen) atoms. The van der Waals surface area contributed by atoms with E-state index in [0.717, 1.165) is 0 Å². The van der Waals surface area contributed by atoms with Crippen molar-refractivity contribution in [3.63, 3.8) is 0 Å². The molecule has 2 rings (SSSR count). The van der Waals surface area contributed by atoms with Crippen LogP contribution in [0.1, 0.15) is 17.7 Å². The van der Waals surface area contributed by atoms with Crippen molar-refractivity contribution < 1.29 is 19.9 Å². The van der Waals surface area contributed by atoms with Crippen LogP contribution in [-0.2, 0) is 11.2 Å². The van der Waals surface area contributed by atoms with E-state index in [0.29, 0.717) is 16.8 Å². The number of carboxylic acids is 1. The van der Waals surface area contributed by atoms with Crippen LogP contribution in [0.5, 0.6) is 5.75 Å². The van der Waals surface area contributed by atoms with Gasteiger partial charge < -0.3 is 15.2 Å². The molecule has 0 bridgehead atoms. The number of phenolic OH excluding ortho intramolecular Hbond substituents is 1. The molecule has 3 N–H and O–H groups in total. The first kappa shape index (κ1) is 12.9. The van der Waals surface area contributed by atoms with E-state index in [9.17, 15) is 20.0 Å². The van der Waals surface area contributed by atoms with Crippen molar-refractivity contribution in [3.8, 4) is 5.75 Å². The molecular formula is C12H12N2O5. The molecular weight excluding hydrogens is 252 g/mol. The number of aliphatic carboxylic acids is 1. The highest BCUT2D eigenvalue weighted by Gasteiger charge is 2.23. The molecule has 0 atom stereocenters. The average molecular weight is 264 g/mol. The van der Waals surface area contributed by atoms with Crippen molar-refractivity contribution in [2.45, 2.75) is 19.8 Å². The molecule has 0 unspecified atom stereocenters. The van der Waals surface area contributed by atoms with E-state index in [1.54, 1.807) is 6.92 Å². The van der Waals surface area contributed by atoms with E-state index in [4.69, 9.17) is 5.11 Å². The Balaban J connectivity index is 2.68. The van der Waals surface area contributed by atoms with Crippen molar-refractivity contribution in [2.24, 2.45) is 0 Å². The Hall–Kier alpha value is -2.57. The molecule has 1 aromatic carbocycles. The van der Waals surface area contributed by atoms with Gasteiger partial charge in [0.15, 0.2) is 5.75 Å². The molecule has 100 valence electrons. The second-order valence-electron chi connectivity index (χ2n) is 4.24. The summed E-state index contributed by atoms with van der Waals surface area (Å²) in [6.45, 7) is 1.72. The highest BCUT2D eigenvalue weighted by atomic mass is 16.6. The molecule has 2 aromatic rings. The van der Waals surface area contributed by atoms with Crippen LogP contribution in [0.4, 0.5) is 5.69 Å². The maximum Gasteiger partial charge on any atom is 0.320 e. The van der Waals surface area contributed by atoms with Crippen LogP contribution in [0, 0.1) is 17.0 Å². The van der Waals surface area contributed by atoms with Crippen molar-refractivity contribution in [1.82, 2.24) is 4.98 Å². The van der Waals surface area contributed by atoms with E-state index >= 15 is 0 Å². The van der Waals surface area contributed by atoms with Gasteiger partial charge in [0.2, 0.25) is 0 Å². The van der Waals surface area contributed by atoms with Crippen LogP contribution < -0.4 is 0 Å². The van der Waals surface area contributed by atoms with E-state index < -0.39 is 16.6 Å². The number of nitrogens with one attached hydrogen (secondary N) is 1. The number of phenols is 1. The predicted octanol–water partition coefficient (Wildman–Crippen LogP) is 2.11. The highest BCUT2D eigenvalue weighted by Crippen LogP contribution is 2.38. The first-order chi connectivity index (χ1) is 8.91. The van der Waals surface area contributed by atoms with Gasteiger partial charge >= 0.3 is 11.7 Å². The number of nitro groups is 1. The molecule has 1 aromatic heterocycles. The van der Waals surface area contributed by atoms with Gasteiger partial charge in [0, 0.05) is 12.1 Å². The van der Waals surface area contributed by atoms with Gasteiger partial charge in [0.1, 0.15) is 0 Å². The fourth-order valence-electron chi connectivity index (χ4n) is 2.18. The lowest BCUT2D eigenvalue weighted by molar-refractivity contribution is -0.384. The maximum atomic E-state index is 11.1. The lowest BCUT2D eigenvalue weighted by Crippen LogP contribution is -1.99. The number of aryl methyl sites for hydroxylation is 2. The smallest absolute Gasteiger partial charge is 0.320 e. The Morgan fingerprint density at radius 3 is 2.74 bits per heavy atom. The minimum atomic E-state index is -0.975. The molecule has 0 saturated carbocycles. The van der Waals surface area contributed by atoms with Gasteiger partial charge in [0.05, 0.1) is 15.8 Å². The number of nitro benzene ring substituents is 1. The fraction of sp³-hybridized carbons (Fsp3) is 0.250. The van der Waals surface area contributed by atoms with Crippen LogP contribution in [0.15, 0.2) is 12.1 Å². The normalized spacial score (nSPS) is 10.8. The molecule has 0 amide bonds. The predicted molar refractivity (Wildman–Crippen MR) is 67.3 cm³/mol. The van der Waals surface area contributed by atoms with Gasteiger partial charge in [-0.05, 0) is 31.0 Å². The molecule has 7 heteroatoms. The highest BCUT2D eigenvalue weighted by molar-refractivity contribution is 5.95. The van der Waals surface area contributed by atoms with Crippen LogP contribution >= 0.6 is 0 Å². The monoisotopic (exact) mass is 264 g/mol. The molecule has 0 radical (unpaired) electrons. The number of H-pyrrole nitrogens is 1. The summed E-state index contributed by atoms with van der Waals surface area (Å²) in [7, 11) is 0. The summed E-state index contributed by atoms with van der Waals surface area (Å²) in [4.78, 5) is 24.0. The van der Waals surface area contributed by atoms with E-state index in [1.165, 1.54) is 12.1 Å². The third-order valence-electron chi connectivity index (χ3n) is 3.00. The molecule has 0 aliphatic carbocycles. The van der Waals surface area contributed by atoms with Crippen LogP contribution in [0.2, 0.25) is 0 Å². The summed E-state index contributed by atoms with van der Waals surface area (Å²) in [5.41, 5.74) is 1.36. The number of aromatic nitrogens is 1. The number of fused-ring (bicyclic) bond motifs is 1. The minimum Gasteiger partial charge on any atom is -0.502 e. The van der Waals surface area contributed by atoms with E-state index in [1.807, 2.05) is 0 Å². The molecule has 1 heterocycles. The van der Waals surface area contributed by atoms with Gasteiger partial charge in [0.25, 0.3) is 0 Å². The largest absolute Gasteiger partial charge is 0.502 e. The molecule has 7 nitrogen and oxygen atoms in total. The average Bonchev–Trinajstić information content (AvgIpc) is 2.61. The molecule has 0 aliphatic heterocycles. The van der Waals surface area contributed by atoms with Crippen LogP contribution in [-0.4, -0.2) is 26.1 Å². The molecule has 0 spiro atoms. The van der Waals surface area contributed by atoms with Crippen molar-refractivity contribution in [1.29, 1.82) is 0 Å². The molecule has 0 saturated heterocycles. The van der Waals surface area contributed by atoms with Crippen LogP contribution in [0.25, 0.3) is 10.9 Å². The second kappa shape index (κ2) is 4.60. The first-order valence-corrected chi connectivity index (χ1v) is 5.61.